The summed E-state index contributed by atoms with van der Waals surface area (Å²) in [5, 5.41) is 28.4. The maximum Gasteiger partial charge on any atom is 0.279 e. The smallest absolute Gasteiger partial charge is 0.279 e. The lowest BCUT2D eigenvalue weighted by molar-refractivity contribution is -0.394. The zero-order chi connectivity index (χ0) is 23.4. The standard InChI is InChI=1S/C21H20N6O5/c1-4-14-5-6-15(24-20-7-12(2)22-11-23-20)8-18(14)25-21(28)17-9-16(26(29)30)10-19(13(17)3)27(31)32/h5-11H,4H2,1-3H3,(H,25,28)(H,22,23,24). The van der Waals surface area contributed by atoms with Gasteiger partial charge < -0.3 is 10.6 Å². The summed E-state index contributed by atoms with van der Waals surface area (Å²) in [4.78, 5) is 42.1. The molecule has 0 spiro atoms. The van der Waals surface area contributed by atoms with Crippen LogP contribution in [-0.4, -0.2) is 25.7 Å². The number of aryl methyl sites for hydroxylation is 2. The van der Waals surface area contributed by atoms with Crippen LogP contribution in [0.3, 0.4) is 0 Å². The summed E-state index contributed by atoms with van der Waals surface area (Å²) in [6, 6.07) is 9.00. The molecule has 0 aliphatic carbocycles. The zero-order valence-corrected chi connectivity index (χ0v) is 17.6. The summed E-state index contributed by atoms with van der Waals surface area (Å²) in [5.41, 5.74) is 1.61. The Morgan fingerprint density at radius 2 is 1.78 bits per heavy atom. The van der Waals surface area contributed by atoms with Gasteiger partial charge >= 0.3 is 0 Å². The maximum absolute atomic E-state index is 13.0. The predicted molar refractivity (Wildman–Crippen MR) is 118 cm³/mol. The van der Waals surface area contributed by atoms with Gasteiger partial charge in [0.15, 0.2) is 0 Å². The number of anilines is 3. The van der Waals surface area contributed by atoms with Gasteiger partial charge in [0.2, 0.25) is 0 Å². The summed E-state index contributed by atoms with van der Waals surface area (Å²) >= 11 is 0. The molecule has 0 saturated carbocycles. The second kappa shape index (κ2) is 9.16. The Hall–Kier alpha value is -4.41. The highest BCUT2D eigenvalue weighted by molar-refractivity contribution is 6.07. The number of non-ortho nitro benzene ring substituents is 1. The van der Waals surface area contributed by atoms with Gasteiger partial charge in [-0.2, -0.15) is 0 Å². The minimum atomic E-state index is -0.769. The summed E-state index contributed by atoms with van der Waals surface area (Å²) in [6.07, 6.45) is 2.04. The third-order valence-electron chi connectivity index (χ3n) is 4.83. The molecule has 164 valence electrons. The van der Waals surface area contributed by atoms with Gasteiger partial charge in [-0.1, -0.05) is 13.0 Å². The minimum absolute atomic E-state index is 0.0434. The number of benzene rings is 2. The van der Waals surface area contributed by atoms with Crippen molar-refractivity contribution in [3.05, 3.63) is 85.3 Å². The van der Waals surface area contributed by atoms with Crippen molar-refractivity contribution in [3.8, 4) is 0 Å². The quantitative estimate of drug-likeness (QED) is 0.406. The molecule has 0 saturated heterocycles. The van der Waals surface area contributed by atoms with Crippen LogP contribution in [0.1, 0.15) is 34.1 Å². The average Bonchev–Trinajstić information content (AvgIpc) is 2.73. The first kappa shape index (κ1) is 22.3. The molecule has 2 N–H and O–H groups in total. The average molecular weight is 436 g/mol. The van der Waals surface area contributed by atoms with E-state index in [1.54, 1.807) is 12.1 Å². The molecule has 1 aromatic heterocycles. The van der Waals surface area contributed by atoms with Crippen molar-refractivity contribution in [2.45, 2.75) is 27.2 Å². The molecular formula is C21H20N6O5. The molecule has 0 unspecified atom stereocenters. The van der Waals surface area contributed by atoms with Gasteiger partial charge in [0.05, 0.1) is 21.5 Å². The SMILES string of the molecule is CCc1ccc(Nc2cc(C)ncn2)cc1NC(=O)c1cc([N+](=O)[O-])cc([N+](=O)[O-])c1C. The van der Waals surface area contributed by atoms with Crippen molar-refractivity contribution in [3.63, 3.8) is 0 Å². The highest BCUT2D eigenvalue weighted by Crippen LogP contribution is 2.30. The fourth-order valence-corrected chi connectivity index (χ4v) is 3.15. The van der Waals surface area contributed by atoms with Crippen molar-refractivity contribution in [1.29, 1.82) is 0 Å². The first-order valence-corrected chi connectivity index (χ1v) is 9.63. The Labute approximate surface area is 182 Å². The van der Waals surface area contributed by atoms with E-state index in [1.165, 1.54) is 13.3 Å². The molecule has 2 aromatic carbocycles. The van der Waals surface area contributed by atoms with Crippen molar-refractivity contribution in [2.24, 2.45) is 0 Å². The Kier molecular flexibility index (Phi) is 6.38. The van der Waals surface area contributed by atoms with Crippen molar-refractivity contribution < 1.29 is 14.6 Å². The summed E-state index contributed by atoms with van der Waals surface area (Å²) < 4.78 is 0. The van der Waals surface area contributed by atoms with Crippen molar-refractivity contribution >= 4 is 34.5 Å². The second-order valence-electron chi connectivity index (χ2n) is 7.00. The van der Waals surface area contributed by atoms with Gasteiger partial charge in [0, 0.05) is 34.8 Å². The van der Waals surface area contributed by atoms with Gasteiger partial charge in [0.25, 0.3) is 17.3 Å². The molecule has 3 aromatic rings. The topological polar surface area (TPSA) is 153 Å². The number of aromatic nitrogens is 2. The van der Waals surface area contributed by atoms with Crippen LogP contribution >= 0.6 is 0 Å². The number of nitro groups is 2. The van der Waals surface area contributed by atoms with E-state index in [-0.39, 0.29) is 11.1 Å². The summed E-state index contributed by atoms with van der Waals surface area (Å²) in [6.45, 7) is 5.13. The van der Waals surface area contributed by atoms with Gasteiger partial charge in [0.1, 0.15) is 12.1 Å². The normalized spacial score (nSPS) is 10.5. The van der Waals surface area contributed by atoms with Crippen LogP contribution in [0, 0.1) is 34.1 Å². The second-order valence-corrected chi connectivity index (χ2v) is 7.00. The molecule has 32 heavy (non-hydrogen) atoms. The Morgan fingerprint density at radius 3 is 2.41 bits per heavy atom. The molecule has 3 rings (SSSR count). The Balaban J connectivity index is 1.96. The molecule has 1 amide bonds. The van der Waals surface area contributed by atoms with Crippen LogP contribution in [0.2, 0.25) is 0 Å². The monoisotopic (exact) mass is 436 g/mol. The van der Waals surface area contributed by atoms with Gasteiger partial charge in [-0.15, -0.1) is 0 Å². The van der Waals surface area contributed by atoms with Crippen LogP contribution in [0.15, 0.2) is 42.7 Å². The van der Waals surface area contributed by atoms with Crippen molar-refractivity contribution in [1.82, 2.24) is 9.97 Å². The van der Waals surface area contributed by atoms with E-state index in [0.717, 1.165) is 23.4 Å². The zero-order valence-electron chi connectivity index (χ0n) is 17.6. The predicted octanol–water partition coefficient (Wildman–Crippen LogP) is 4.47. The van der Waals surface area contributed by atoms with Gasteiger partial charge in [-0.05, 0) is 38.0 Å². The van der Waals surface area contributed by atoms with E-state index >= 15 is 0 Å². The first-order valence-electron chi connectivity index (χ1n) is 9.63. The number of hydrogen-bond donors (Lipinski definition) is 2. The lowest BCUT2D eigenvalue weighted by atomic mass is 10.0. The number of carbonyl (C=O) groups is 1. The van der Waals surface area contributed by atoms with E-state index in [1.807, 2.05) is 26.0 Å². The number of rotatable bonds is 7. The third-order valence-corrected chi connectivity index (χ3v) is 4.83. The lowest BCUT2D eigenvalue weighted by Gasteiger charge is -2.14. The lowest BCUT2D eigenvalue weighted by Crippen LogP contribution is -2.16. The van der Waals surface area contributed by atoms with Crippen LogP contribution in [0.25, 0.3) is 0 Å². The number of amides is 1. The van der Waals surface area contributed by atoms with E-state index in [2.05, 4.69) is 20.6 Å². The molecule has 0 radical (unpaired) electrons. The molecule has 0 atom stereocenters. The number of nitro benzene ring substituents is 2. The minimum Gasteiger partial charge on any atom is -0.340 e. The highest BCUT2D eigenvalue weighted by Gasteiger charge is 2.25. The molecule has 11 nitrogen and oxygen atoms in total. The van der Waals surface area contributed by atoms with Crippen LogP contribution in [0.5, 0.6) is 0 Å². The first-order chi connectivity index (χ1) is 15.2. The molecule has 0 fully saturated rings. The number of nitrogens with one attached hydrogen (secondary N) is 2. The van der Waals surface area contributed by atoms with Crippen molar-refractivity contribution in [2.75, 3.05) is 10.6 Å². The largest absolute Gasteiger partial charge is 0.340 e. The Bertz CT molecular complexity index is 1230. The molecule has 0 bridgehead atoms. The summed E-state index contributed by atoms with van der Waals surface area (Å²) in [5.74, 6) is -0.108. The molecular weight excluding hydrogens is 416 g/mol. The summed E-state index contributed by atoms with van der Waals surface area (Å²) in [7, 11) is 0. The van der Waals surface area contributed by atoms with Gasteiger partial charge in [-0.3, -0.25) is 25.0 Å². The van der Waals surface area contributed by atoms with E-state index in [0.29, 0.717) is 23.6 Å². The molecule has 0 aliphatic heterocycles. The third kappa shape index (κ3) is 4.83. The van der Waals surface area contributed by atoms with Crippen LogP contribution < -0.4 is 10.6 Å². The van der Waals surface area contributed by atoms with Crippen LogP contribution in [-0.2, 0) is 6.42 Å². The molecule has 1 heterocycles. The number of carbonyl (C=O) groups excluding carboxylic acids is 1. The highest BCUT2D eigenvalue weighted by atomic mass is 16.6. The van der Waals surface area contributed by atoms with Crippen LogP contribution in [0.4, 0.5) is 28.6 Å². The fraction of sp³-hybridized carbons (Fsp3) is 0.190. The van der Waals surface area contributed by atoms with E-state index in [9.17, 15) is 25.0 Å². The van der Waals surface area contributed by atoms with E-state index < -0.39 is 27.1 Å². The number of hydrogen-bond acceptors (Lipinski definition) is 8. The molecule has 11 heteroatoms. The maximum atomic E-state index is 13.0. The Morgan fingerprint density at radius 1 is 1.03 bits per heavy atom. The molecule has 0 aliphatic rings. The van der Waals surface area contributed by atoms with Gasteiger partial charge in [-0.25, -0.2) is 9.97 Å². The van der Waals surface area contributed by atoms with E-state index in [4.69, 9.17) is 0 Å². The fourth-order valence-electron chi connectivity index (χ4n) is 3.15. The number of nitrogens with zero attached hydrogens (tertiary/aromatic N) is 4.